The van der Waals surface area contributed by atoms with E-state index in [9.17, 15) is 9.50 Å². The van der Waals surface area contributed by atoms with E-state index in [4.69, 9.17) is 16.3 Å². The van der Waals surface area contributed by atoms with Gasteiger partial charge in [0.05, 0.1) is 6.61 Å². The van der Waals surface area contributed by atoms with Crippen molar-refractivity contribution in [2.45, 2.75) is 13.5 Å². The molecule has 2 aromatic rings. The van der Waals surface area contributed by atoms with Crippen LogP contribution in [0.2, 0.25) is 5.02 Å². The number of aliphatic hydroxyl groups is 1. The van der Waals surface area contributed by atoms with Crippen molar-refractivity contribution in [1.82, 2.24) is 0 Å². The Kier molecular flexibility index (Phi) is 3.84. The monoisotopic (exact) mass is 266 g/mol. The first kappa shape index (κ1) is 12.9. The van der Waals surface area contributed by atoms with E-state index < -0.39 is 0 Å². The molecule has 0 aromatic heterocycles. The van der Waals surface area contributed by atoms with Gasteiger partial charge in [-0.25, -0.2) is 4.39 Å². The molecular weight excluding hydrogens is 255 g/mol. The van der Waals surface area contributed by atoms with Gasteiger partial charge in [-0.15, -0.1) is 0 Å². The van der Waals surface area contributed by atoms with Gasteiger partial charge in [-0.2, -0.15) is 0 Å². The van der Waals surface area contributed by atoms with Gasteiger partial charge >= 0.3 is 0 Å². The first-order valence-corrected chi connectivity index (χ1v) is 5.81. The predicted octanol–water partition coefficient (Wildman–Crippen LogP) is 4.07. The van der Waals surface area contributed by atoms with Gasteiger partial charge < -0.3 is 9.84 Å². The molecule has 0 unspecified atom stereocenters. The number of rotatable bonds is 3. The van der Waals surface area contributed by atoms with Crippen molar-refractivity contribution in [2.24, 2.45) is 0 Å². The molecule has 0 spiro atoms. The Morgan fingerprint density at radius 3 is 2.61 bits per heavy atom. The summed E-state index contributed by atoms with van der Waals surface area (Å²) < 4.78 is 18.6. The molecule has 0 radical (unpaired) electrons. The lowest BCUT2D eigenvalue weighted by molar-refractivity contribution is 0.276. The number of aryl methyl sites for hydroxylation is 1. The Bertz CT molecular complexity index is 570. The van der Waals surface area contributed by atoms with Crippen molar-refractivity contribution in [3.05, 3.63) is 58.4 Å². The standard InChI is InChI=1S/C14H12ClFO2/c1-9-6-12(16)4-5-13(9)18-14-7-11(15)3-2-10(14)8-17/h2-7,17H,8H2,1H3. The van der Waals surface area contributed by atoms with Crippen LogP contribution in [0.5, 0.6) is 11.5 Å². The zero-order valence-electron chi connectivity index (χ0n) is 9.78. The second-order valence-corrected chi connectivity index (χ2v) is 4.36. The van der Waals surface area contributed by atoms with E-state index in [2.05, 4.69) is 0 Å². The van der Waals surface area contributed by atoms with Gasteiger partial charge in [-0.1, -0.05) is 17.7 Å². The van der Waals surface area contributed by atoms with E-state index in [1.807, 2.05) is 0 Å². The van der Waals surface area contributed by atoms with Gasteiger partial charge in [-0.3, -0.25) is 0 Å². The molecule has 0 amide bonds. The molecule has 0 saturated carbocycles. The van der Waals surface area contributed by atoms with Crippen LogP contribution in [0.15, 0.2) is 36.4 Å². The summed E-state index contributed by atoms with van der Waals surface area (Å²) in [7, 11) is 0. The first-order chi connectivity index (χ1) is 8.60. The van der Waals surface area contributed by atoms with Crippen molar-refractivity contribution >= 4 is 11.6 Å². The summed E-state index contributed by atoms with van der Waals surface area (Å²) in [5.74, 6) is 0.696. The van der Waals surface area contributed by atoms with Gasteiger partial charge in [0.15, 0.2) is 0 Å². The second kappa shape index (κ2) is 5.38. The van der Waals surface area contributed by atoms with Gasteiger partial charge in [0, 0.05) is 10.6 Å². The third-order valence-electron chi connectivity index (χ3n) is 2.56. The quantitative estimate of drug-likeness (QED) is 0.907. The van der Waals surface area contributed by atoms with Gasteiger partial charge in [0.25, 0.3) is 0 Å². The topological polar surface area (TPSA) is 29.5 Å². The van der Waals surface area contributed by atoms with E-state index in [1.165, 1.54) is 12.1 Å². The summed E-state index contributed by atoms with van der Waals surface area (Å²) in [5.41, 5.74) is 1.31. The van der Waals surface area contributed by atoms with Crippen LogP contribution < -0.4 is 4.74 Å². The minimum Gasteiger partial charge on any atom is -0.457 e. The summed E-state index contributed by atoms with van der Waals surface area (Å²) in [5, 5.41) is 9.73. The van der Waals surface area contributed by atoms with E-state index in [0.717, 1.165) is 0 Å². The van der Waals surface area contributed by atoms with Crippen molar-refractivity contribution in [2.75, 3.05) is 0 Å². The van der Waals surface area contributed by atoms with E-state index in [0.29, 0.717) is 27.6 Å². The lowest BCUT2D eigenvalue weighted by Gasteiger charge is -2.12. The van der Waals surface area contributed by atoms with Crippen molar-refractivity contribution < 1.29 is 14.2 Å². The molecule has 18 heavy (non-hydrogen) atoms. The molecule has 2 rings (SSSR count). The molecule has 0 saturated heterocycles. The maximum atomic E-state index is 13.0. The molecule has 0 atom stereocenters. The van der Waals surface area contributed by atoms with Gasteiger partial charge in [-0.05, 0) is 42.8 Å². The summed E-state index contributed by atoms with van der Waals surface area (Å²) in [6, 6.07) is 9.25. The van der Waals surface area contributed by atoms with Crippen LogP contribution >= 0.6 is 11.6 Å². The molecule has 2 nitrogen and oxygen atoms in total. The zero-order valence-corrected chi connectivity index (χ0v) is 10.5. The van der Waals surface area contributed by atoms with Crippen LogP contribution in [0.1, 0.15) is 11.1 Å². The van der Waals surface area contributed by atoms with Crippen LogP contribution in [-0.2, 0) is 6.61 Å². The van der Waals surface area contributed by atoms with Gasteiger partial charge in [0.2, 0.25) is 0 Å². The highest BCUT2D eigenvalue weighted by Gasteiger charge is 2.08. The minimum absolute atomic E-state index is 0.146. The number of benzene rings is 2. The second-order valence-electron chi connectivity index (χ2n) is 3.92. The van der Waals surface area contributed by atoms with E-state index in [-0.39, 0.29) is 12.4 Å². The largest absolute Gasteiger partial charge is 0.457 e. The van der Waals surface area contributed by atoms with Crippen molar-refractivity contribution in [1.29, 1.82) is 0 Å². The molecule has 0 heterocycles. The Morgan fingerprint density at radius 1 is 1.17 bits per heavy atom. The average Bonchev–Trinajstić information content (AvgIpc) is 2.33. The third-order valence-corrected chi connectivity index (χ3v) is 2.79. The lowest BCUT2D eigenvalue weighted by Crippen LogP contribution is -1.93. The van der Waals surface area contributed by atoms with Crippen LogP contribution in [0, 0.1) is 12.7 Å². The smallest absolute Gasteiger partial charge is 0.134 e. The Hall–Kier alpha value is -1.58. The molecule has 0 aliphatic heterocycles. The molecule has 1 N–H and O–H groups in total. The summed E-state index contributed by atoms with van der Waals surface area (Å²) >= 11 is 5.88. The zero-order chi connectivity index (χ0) is 13.1. The Morgan fingerprint density at radius 2 is 1.94 bits per heavy atom. The maximum absolute atomic E-state index is 13.0. The van der Waals surface area contributed by atoms with Gasteiger partial charge in [0.1, 0.15) is 17.3 Å². The maximum Gasteiger partial charge on any atom is 0.134 e. The fourth-order valence-electron chi connectivity index (χ4n) is 1.60. The number of ether oxygens (including phenoxy) is 1. The summed E-state index contributed by atoms with van der Waals surface area (Å²) in [4.78, 5) is 0. The normalized spacial score (nSPS) is 10.4. The fraction of sp³-hybridized carbons (Fsp3) is 0.143. The minimum atomic E-state index is -0.312. The lowest BCUT2D eigenvalue weighted by atomic mass is 10.2. The van der Waals surface area contributed by atoms with Crippen LogP contribution in [0.25, 0.3) is 0 Å². The van der Waals surface area contributed by atoms with Crippen LogP contribution in [0.4, 0.5) is 4.39 Å². The molecule has 4 heteroatoms. The van der Waals surface area contributed by atoms with Crippen molar-refractivity contribution in [3.8, 4) is 11.5 Å². The summed E-state index contributed by atoms with van der Waals surface area (Å²) in [6.45, 7) is 1.61. The fourth-order valence-corrected chi connectivity index (χ4v) is 1.76. The first-order valence-electron chi connectivity index (χ1n) is 5.43. The Balaban J connectivity index is 2.36. The average molecular weight is 267 g/mol. The Labute approximate surface area is 110 Å². The molecule has 0 fully saturated rings. The van der Waals surface area contributed by atoms with Crippen LogP contribution in [-0.4, -0.2) is 5.11 Å². The molecule has 0 aliphatic carbocycles. The number of hydrogen-bond donors (Lipinski definition) is 1. The number of aliphatic hydroxyl groups excluding tert-OH is 1. The van der Waals surface area contributed by atoms with Crippen LogP contribution in [0.3, 0.4) is 0 Å². The molecule has 2 aromatic carbocycles. The van der Waals surface area contributed by atoms with E-state index in [1.54, 1.807) is 31.2 Å². The molecule has 0 aliphatic rings. The SMILES string of the molecule is Cc1cc(F)ccc1Oc1cc(Cl)ccc1CO. The number of halogens is 2. The number of hydrogen-bond acceptors (Lipinski definition) is 2. The third kappa shape index (κ3) is 2.81. The predicted molar refractivity (Wildman–Crippen MR) is 68.6 cm³/mol. The van der Waals surface area contributed by atoms with Crippen molar-refractivity contribution in [3.63, 3.8) is 0 Å². The highest BCUT2D eigenvalue weighted by Crippen LogP contribution is 2.30. The molecular formula is C14H12ClFO2. The highest BCUT2D eigenvalue weighted by atomic mass is 35.5. The highest BCUT2D eigenvalue weighted by molar-refractivity contribution is 6.30. The van der Waals surface area contributed by atoms with E-state index >= 15 is 0 Å². The molecule has 94 valence electrons. The summed E-state index contributed by atoms with van der Waals surface area (Å²) in [6.07, 6.45) is 0. The molecule has 0 bridgehead atoms.